The zero-order chi connectivity index (χ0) is 29.4. The first-order valence-electron chi connectivity index (χ1n) is 13.6. The average Bonchev–Trinajstić information content (AvgIpc) is 3.59. The van der Waals surface area contributed by atoms with Crippen molar-refractivity contribution >= 4 is 49.7 Å². The molecule has 1 aliphatic heterocycles. The Hall–Kier alpha value is -3.76. The van der Waals surface area contributed by atoms with E-state index in [0.717, 1.165) is 45.6 Å². The van der Waals surface area contributed by atoms with Crippen molar-refractivity contribution in [3.05, 3.63) is 73.9 Å². The summed E-state index contributed by atoms with van der Waals surface area (Å²) in [5.41, 5.74) is 4.00. The van der Waals surface area contributed by atoms with Gasteiger partial charge in [0.2, 0.25) is 5.78 Å². The van der Waals surface area contributed by atoms with Gasteiger partial charge < -0.3 is 14.6 Å². The van der Waals surface area contributed by atoms with Crippen LogP contribution in [0.25, 0.3) is 10.2 Å². The lowest BCUT2D eigenvalue weighted by Crippen LogP contribution is -2.31. The van der Waals surface area contributed by atoms with Crippen LogP contribution in [0.3, 0.4) is 0 Å². The van der Waals surface area contributed by atoms with Crippen LogP contribution in [0.5, 0.6) is 11.5 Å². The number of carbonyl (C=O) groups excluding carboxylic acids is 2. The van der Waals surface area contributed by atoms with Gasteiger partial charge in [0.05, 0.1) is 51.1 Å². The minimum Gasteiger partial charge on any atom is -0.503 e. The summed E-state index contributed by atoms with van der Waals surface area (Å²) in [5, 5.41) is 12.4. The number of ketones is 1. The molecule has 41 heavy (non-hydrogen) atoms. The number of hydrogen-bond acceptors (Lipinski definition) is 9. The number of aromatic nitrogens is 2. The molecule has 0 saturated heterocycles. The number of aliphatic hydroxyl groups is 1. The highest BCUT2D eigenvalue weighted by atomic mass is 32.1. The highest BCUT2D eigenvalue weighted by Crippen LogP contribution is 2.46. The van der Waals surface area contributed by atoms with Crippen molar-refractivity contribution < 1.29 is 24.2 Å². The molecule has 0 fully saturated rings. The van der Waals surface area contributed by atoms with E-state index in [2.05, 4.69) is 11.9 Å². The zero-order valence-electron chi connectivity index (χ0n) is 24.0. The van der Waals surface area contributed by atoms with Gasteiger partial charge in [0.25, 0.3) is 5.91 Å². The van der Waals surface area contributed by atoms with E-state index >= 15 is 0 Å². The molecule has 1 unspecified atom stereocenters. The van der Waals surface area contributed by atoms with Gasteiger partial charge in [0, 0.05) is 0 Å². The van der Waals surface area contributed by atoms with Crippen LogP contribution < -0.4 is 14.4 Å². The lowest BCUT2D eigenvalue weighted by atomic mass is 9.95. The number of thiazole rings is 2. The maximum atomic E-state index is 14.0. The first-order valence-corrected chi connectivity index (χ1v) is 15.2. The lowest BCUT2D eigenvalue weighted by Gasteiger charge is -2.25. The van der Waals surface area contributed by atoms with Crippen molar-refractivity contribution in [2.75, 3.05) is 18.6 Å². The predicted octanol–water partition coefficient (Wildman–Crippen LogP) is 7.35. The summed E-state index contributed by atoms with van der Waals surface area (Å²) in [6.07, 6.45) is 3.07. The molecule has 2 aromatic heterocycles. The van der Waals surface area contributed by atoms with Crippen LogP contribution in [0.1, 0.15) is 69.3 Å². The van der Waals surface area contributed by atoms with E-state index in [9.17, 15) is 14.7 Å². The number of benzene rings is 2. The number of carbonyl (C=O) groups is 2. The number of aryl methyl sites for hydroxylation is 4. The Morgan fingerprint density at radius 1 is 1.05 bits per heavy atom. The fourth-order valence-electron chi connectivity index (χ4n) is 5.18. The van der Waals surface area contributed by atoms with Gasteiger partial charge >= 0.3 is 0 Å². The van der Waals surface area contributed by atoms with Crippen LogP contribution in [0.2, 0.25) is 0 Å². The molecule has 8 nitrogen and oxygen atoms in total. The van der Waals surface area contributed by atoms with Gasteiger partial charge in [-0.05, 0) is 69.0 Å². The van der Waals surface area contributed by atoms with Gasteiger partial charge in [-0.3, -0.25) is 14.5 Å². The molecule has 0 aliphatic carbocycles. The smallest absolute Gasteiger partial charge is 0.296 e. The fourth-order valence-corrected chi connectivity index (χ4v) is 7.23. The van der Waals surface area contributed by atoms with Crippen LogP contribution in [-0.2, 0) is 4.79 Å². The van der Waals surface area contributed by atoms with Gasteiger partial charge in [-0.2, -0.15) is 0 Å². The lowest BCUT2D eigenvalue weighted by molar-refractivity contribution is -0.117. The van der Waals surface area contributed by atoms with Crippen LogP contribution in [0.15, 0.2) is 41.7 Å². The SMILES string of the molecule is CCCCCOc1ccc(C2C(C(=O)c3sc(C)nc3C)=C(O)C(=O)N2c2nc3c(C)cc(C)cc3s2)cc1OC. The first-order chi connectivity index (χ1) is 19.6. The molecular formula is C31H33N3O5S2. The monoisotopic (exact) mass is 591 g/mol. The number of Topliss-reactive ketones (excluding diaryl/α,β-unsaturated/α-hetero) is 1. The van der Waals surface area contributed by atoms with Crippen molar-refractivity contribution in [3.8, 4) is 11.5 Å². The number of ether oxygens (including phenoxy) is 2. The maximum Gasteiger partial charge on any atom is 0.296 e. The Labute approximate surface area is 247 Å². The topological polar surface area (TPSA) is 102 Å². The summed E-state index contributed by atoms with van der Waals surface area (Å²) >= 11 is 2.60. The zero-order valence-corrected chi connectivity index (χ0v) is 25.7. The van der Waals surface area contributed by atoms with Crippen molar-refractivity contribution in [2.45, 2.75) is 59.9 Å². The molecular weight excluding hydrogens is 558 g/mol. The second-order valence-electron chi connectivity index (χ2n) is 10.2. The standard InChI is InChI=1S/C31H33N3O5S2/c1-7-8-9-12-39-21-11-10-20(15-22(21)38-6)26-24(27(35)29-18(4)32-19(5)40-29)28(36)30(37)34(26)31-33-25-17(3)13-16(2)14-23(25)41-31/h10-11,13-15,26,36H,7-9,12H2,1-6H3. The fraction of sp³-hybridized carbons (Fsp3) is 0.355. The molecule has 1 aliphatic rings. The van der Waals surface area contributed by atoms with E-state index < -0.39 is 23.5 Å². The molecule has 3 heterocycles. The molecule has 1 N–H and O–H groups in total. The second kappa shape index (κ2) is 11.6. The number of fused-ring (bicyclic) bond motifs is 1. The predicted molar refractivity (Wildman–Crippen MR) is 163 cm³/mol. The Morgan fingerprint density at radius 3 is 2.51 bits per heavy atom. The van der Waals surface area contributed by atoms with Crippen LogP contribution in [0.4, 0.5) is 5.13 Å². The van der Waals surface area contributed by atoms with E-state index in [-0.39, 0.29) is 5.57 Å². The summed E-state index contributed by atoms with van der Waals surface area (Å²) in [4.78, 5) is 38.8. The van der Waals surface area contributed by atoms with Gasteiger partial charge in [0.1, 0.15) is 0 Å². The van der Waals surface area contributed by atoms with E-state index in [1.807, 2.05) is 39.0 Å². The Bertz CT molecular complexity index is 1690. The van der Waals surface area contributed by atoms with Crippen molar-refractivity contribution in [3.63, 3.8) is 0 Å². The summed E-state index contributed by atoms with van der Waals surface area (Å²) in [6, 6.07) is 8.49. The summed E-state index contributed by atoms with van der Waals surface area (Å²) < 4.78 is 12.6. The third-order valence-corrected chi connectivity index (χ3v) is 9.17. The minimum absolute atomic E-state index is 0.00687. The summed E-state index contributed by atoms with van der Waals surface area (Å²) in [7, 11) is 1.55. The molecule has 0 bridgehead atoms. The molecule has 0 saturated carbocycles. The number of amides is 1. The number of aliphatic hydroxyl groups excluding tert-OH is 1. The van der Waals surface area contributed by atoms with Gasteiger partial charge in [-0.15, -0.1) is 11.3 Å². The van der Waals surface area contributed by atoms with E-state index in [4.69, 9.17) is 14.5 Å². The number of methoxy groups -OCH3 is 1. The molecule has 2 aromatic carbocycles. The largest absolute Gasteiger partial charge is 0.503 e. The number of anilines is 1. The van der Waals surface area contributed by atoms with Crippen molar-refractivity contribution in [1.29, 1.82) is 0 Å². The molecule has 1 atom stereocenters. The number of hydrogen-bond donors (Lipinski definition) is 1. The molecule has 0 spiro atoms. The summed E-state index contributed by atoms with van der Waals surface area (Å²) in [6.45, 7) is 10.3. The number of unbranched alkanes of at least 4 members (excludes halogenated alkanes) is 2. The van der Waals surface area contributed by atoms with Gasteiger partial charge in [-0.1, -0.05) is 43.2 Å². The molecule has 4 aromatic rings. The number of rotatable bonds is 10. The van der Waals surface area contributed by atoms with E-state index in [1.54, 1.807) is 26.2 Å². The second-order valence-corrected chi connectivity index (χ2v) is 12.4. The third-order valence-electron chi connectivity index (χ3n) is 7.10. The van der Waals surface area contributed by atoms with E-state index in [1.165, 1.54) is 27.6 Å². The summed E-state index contributed by atoms with van der Waals surface area (Å²) in [5.74, 6) is -0.645. The third kappa shape index (κ3) is 5.34. The molecule has 5 rings (SSSR count). The van der Waals surface area contributed by atoms with Gasteiger partial charge in [-0.25, -0.2) is 9.97 Å². The highest BCUT2D eigenvalue weighted by Gasteiger charge is 2.46. The van der Waals surface area contributed by atoms with Crippen molar-refractivity contribution in [1.82, 2.24) is 9.97 Å². The van der Waals surface area contributed by atoms with E-state index in [0.29, 0.717) is 39.4 Å². The van der Waals surface area contributed by atoms with Crippen LogP contribution >= 0.6 is 22.7 Å². The molecule has 0 radical (unpaired) electrons. The molecule has 1 amide bonds. The number of nitrogens with zero attached hydrogens (tertiary/aromatic N) is 3. The molecule has 214 valence electrons. The van der Waals surface area contributed by atoms with Crippen LogP contribution in [0, 0.1) is 27.7 Å². The minimum atomic E-state index is -0.929. The van der Waals surface area contributed by atoms with Crippen molar-refractivity contribution in [2.24, 2.45) is 0 Å². The van der Waals surface area contributed by atoms with Gasteiger partial charge in [0.15, 0.2) is 22.4 Å². The Balaban J connectivity index is 1.64. The first kappa shape index (κ1) is 28.8. The average molecular weight is 592 g/mol. The highest BCUT2D eigenvalue weighted by molar-refractivity contribution is 7.22. The van der Waals surface area contributed by atoms with Crippen LogP contribution in [-0.4, -0.2) is 40.5 Å². The molecule has 10 heteroatoms. The maximum absolute atomic E-state index is 14.0. The Kier molecular flexibility index (Phi) is 8.15. The normalized spacial score (nSPS) is 15.3. The Morgan fingerprint density at radius 2 is 1.83 bits per heavy atom. The quantitative estimate of drug-likeness (QED) is 0.152.